The fraction of sp³-hybridized carbons (Fsp3) is 0.259. The molecule has 0 aliphatic carbocycles. The summed E-state index contributed by atoms with van der Waals surface area (Å²) in [7, 11) is 0. The lowest BCUT2D eigenvalue weighted by molar-refractivity contribution is 0.297. The minimum atomic E-state index is -0.311. The molecular weight excluding hydrogens is 440 g/mol. The number of imidazole rings is 1. The molecule has 3 aromatic carbocycles. The number of nitrogens with one attached hydrogen (secondary N) is 1. The summed E-state index contributed by atoms with van der Waals surface area (Å²) >= 11 is 0. The number of aliphatic imine (C=N–C) groups is 1. The van der Waals surface area contributed by atoms with Crippen molar-refractivity contribution >= 4 is 28.6 Å². The molecule has 0 radical (unpaired) electrons. The van der Waals surface area contributed by atoms with Crippen molar-refractivity contribution < 1.29 is 9.47 Å². The fourth-order valence-corrected chi connectivity index (χ4v) is 5.27. The predicted molar refractivity (Wildman–Crippen MR) is 136 cm³/mol. The second kappa shape index (κ2) is 7.94. The van der Waals surface area contributed by atoms with Gasteiger partial charge in [0.2, 0.25) is 5.95 Å². The average Bonchev–Trinajstić information content (AvgIpc) is 3.34. The van der Waals surface area contributed by atoms with Gasteiger partial charge in [-0.25, -0.2) is 9.98 Å². The lowest BCUT2D eigenvalue weighted by atomic mass is 10.1. The largest absolute Gasteiger partial charge is 0.489 e. The van der Waals surface area contributed by atoms with Crippen molar-refractivity contribution in [2.75, 3.05) is 30.0 Å². The van der Waals surface area contributed by atoms with Gasteiger partial charge in [-0.15, -0.1) is 0 Å². The van der Waals surface area contributed by atoms with Gasteiger partial charge in [0.05, 0.1) is 24.2 Å². The maximum Gasteiger partial charge on any atom is 0.212 e. The van der Waals surface area contributed by atoms with Crippen LogP contribution in [0.2, 0.25) is 0 Å². The monoisotopic (exact) mass is 466 g/mol. The summed E-state index contributed by atoms with van der Waals surface area (Å²) in [5.41, 5.74) is 13.0. The number of fused-ring (bicyclic) bond motifs is 5. The molecule has 0 amide bonds. The van der Waals surface area contributed by atoms with E-state index in [0.29, 0.717) is 25.1 Å². The average molecular weight is 467 g/mol. The lowest BCUT2D eigenvalue weighted by Crippen LogP contribution is -2.31. The van der Waals surface area contributed by atoms with Crippen molar-refractivity contribution in [2.45, 2.75) is 25.6 Å². The van der Waals surface area contributed by atoms with Crippen molar-refractivity contribution in [3.63, 3.8) is 0 Å². The number of rotatable bonds is 3. The van der Waals surface area contributed by atoms with Crippen LogP contribution in [-0.2, 0) is 13.0 Å². The zero-order chi connectivity index (χ0) is 23.4. The van der Waals surface area contributed by atoms with Crippen LogP contribution in [0.4, 0.5) is 11.6 Å². The molecule has 1 unspecified atom stereocenters. The van der Waals surface area contributed by atoms with Crippen LogP contribution in [0.3, 0.4) is 0 Å². The first-order chi connectivity index (χ1) is 17.2. The molecule has 35 heavy (non-hydrogen) atoms. The molecule has 0 saturated carbocycles. The van der Waals surface area contributed by atoms with Gasteiger partial charge in [-0.1, -0.05) is 36.4 Å². The molecule has 3 aliphatic rings. The Labute approximate surface area is 203 Å². The van der Waals surface area contributed by atoms with Gasteiger partial charge < -0.3 is 20.1 Å². The molecule has 0 fully saturated rings. The zero-order valence-electron chi connectivity index (χ0n) is 19.3. The lowest BCUT2D eigenvalue weighted by Gasteiger charge is -2.25. The number of nitrogens with zero attached hydrogens (tertiary/aromatic N) is 4. The Hall–Kier alpha value is -4.20. The van der Waals surface area contributed by atoms with E-state index in [4.69, 9.17) is 25.2 Å². The molecule has 7 rings (SSSR count). The Balaban J connectivity index is 1.27. The van der Waals surface area contributed by atoms with Crippen LogP contribution in [0.5, 0.6) is 11.5 Å². The molecule has 4 heterocycles. The second-order valence-electron chi connectivity index (χ2n) is 9.20. The number of anilines is 2. The number of ether oxygens (including phenoxy) is 2. The highest BCUT2D eigenvalue weighted by Crippen LogP contribution is 2.40. The summed E-state index contributed by atoms with van der Waals surface area (Å²) in [6, 6.07) is 21.2. The number of hydrogen-bond acceptors (Lipinski definition) is 7. The first-order valence-corrected chi connectivity index (χ1v) is 12.1. The van der Waals surface area contributed by atoms with E-state index in [1.54, 1.807) is 0 Å². The fourth-order valence-electron chi connectivity index (χ4n) is 5.27. The van der Waals surface area contributed by atoms with Gasteiger partial charge in [0.1, 0.15) is 0 Å². The molecule has 4 aromatic rings. The van der Waals surface area contributed by atoms with E-state index < -0.39 is 0 Å². The third kappa shape index (κ3) is 3.44. The Morgan fingerprint density at radius 2 is 1.83 bits per heavy atom. The van der Waals surface area contributed by atoms with E-state index in [2.05, 4.69) is 63.3 Å². The van der Waals surface area contributed by atoms with Crippen LogP contribution < -0.4 is 25.4 Å². The maximum atomic E-state index is 6.19. The van der Waals surface area contributed by atoms with Gasteiger partial charge >= 0.3 is 0 Å². The molecule has 3 aliphatic heterocycles. The summed E-state index contributed by atoms with van der Waals surface area (Å²) < 4.78 is 13.9. The van der Waals surface area contributed by atoms with E-state index in [1.807, 2.05) is 12.1 Å². The third-order valence-electron chi connectivity index (χ3n) is 6.91. The number of nitrogens with two attached hydrogens (primary N) is 1. The van der Waals surface area contributed by atoms with E-state index in [0.717, 1.165) is 54.0 Å². The van der Waals surface area contributed by atoms with Crippen molar-refractivity contribution in [3.05, 3.63) is 77.4 Å². The van der Waals surface area contributed by atoms with E-state index in [9.17, 15) is 0 Å². The van der Waals surface area contributed by atoms with Crippen molar-refractivity contribution in [2.24, 2.45) is 10.7 Å². The number of guanidine groups is 1. The van der Waals surface area contributed by atoms with E-state index in [1.165, 1.54) is 16.8 Å². The Morgan fingerprint density at radius 3 is 2.69 bits per heavy atom. The number of hydrogen-bond donors (Lipinski definition) is 2. The normalized spacial score (nSPS) is 18.5. The summed E-state index contributed by atoms with van der Waals surface area (Å²) in [5, 5.41) is 3.13. The molecule has 8 nitrogen and oxygen atoms in total. The molecule has 1 atom stereocenters. The molecule has 0 bridgehead atoms. The summed E-state index contributed by atoms with van der Waals surface area (Å²) in [4.78, 5) is 12.0. The molecular formula is C27H26N6O2. The quantitative estimate of drug-likeness (QED) is 0.474. The van der Waals surface area contributed by atoms with Gasteiger partial charge in [-0.05, 0) is 35.2 Å². The molecule has 176 valence electrons. The van der Waals surface area contributed by atoms with Crippen LogP contribution in [0.25, 0.3) is 11.0 Å². The highest BCUT2D eigenvalue weighted by molar-refractivity contribution is 5.95. The first kappa shape index (κ1) is 20.2. The highest BCUT2D eigenvalue weighted by atomic mass is 16.5. The summed E-state index contributed by atoms with van der Waals surface area (Å²) in [6.07, 6.45) is 1.56. The van der Waals surface area contributed by atoms with Crippen LogP contribution in [0, 0.1) is 0 Å². The van der Waals surface area contributed by atoms with Gasteiger partial charge in [0.25, 0.3) is 0 Å². The summed E-state index contributed by atoms with van der Waals surface area (Å²) in [6.45, 7) is 3.19. The van der Waals surface area contributed by atoms with Crippen LogP contribution >= 0.6 is 0 Å². The Bertz CT molecular complexity index is 1460. The van der Waals surface area contributed by atoms with Gasteiger partial charge in [-0.2, -0.15) is 0 Å². The predicted octanol–water partition coefficient (Wildman–Crippen LogP) is 4.05. The third-order valence-corrected chi connectivity index (χ3v) is 6.91. The SMILES string of the molecule is NC1=NC(c2ccc3c(c2)CCN3Cc2ccccc2)n2c(nc3cc4c(cc32)OCCCO4)N1. The number of aromatic nitrogens is 2. The minimum absolute atomic E-state index is 0.311. The van der Waals surface area contributed by atoms with Crippen molar-refractivity contribution in [1.29, 1.82) is 0 Å². The maximum absolute atomic E-state index is 6.19. The topological polar surface area (TPSA) is 89.9 Å². The standard InChI is InChI=1S/C27H26N6O2/c28-26-30-25(19-7-8-21-18(13-19)9-10-32(21)16-17-5-2-1-3-6-17)33-22-15-24-23(34-11-4-12-35-24)14-20(22)29-27(33)31-26/h1-3,5-8,13-15,25H,4,9-12,16H2,(H3,28,29,30,31). The van der Waals surface area contributed by atoms with E-state index >= 15 is 0 Å². The first-order valence-electron chi connectivity index (χ1n) is 12.1. The Morgan fingerprint density at radius 1 is 1.00 bits per heavy atom. The molecule has 1 aromatic heterocycles. The van der Waals surface area contributed by atoms with Crippen LogP contribution in [0.15, 0.2) is 65.7 Å². The highest BCUT2D eigenvalue weighted by Gasteiger charge is 2.28. The summed E-state index contributed by atoms with van der Waals surface area (Å²) in [5.74, 6) is 2.50. The van der Waals surface area contributed by atoms with Crippen LogP contribution in [-0.4, -0.2) is 35.3 Å². The van der Waals surface area contributed by atoms with Crippen molar-refractivity contribution in [1.82, 2.24) is 9.55 Å². The smallest absolute Gasteiger partial charge is 0.212 e. The molecule has 0 spiro atoms. The molecule has 0 saturated heterocycles. The Kier molecular flexibility index (Phi) is 4.58. The van der Waals surface area contributed by atoms with Gasteiger partial charge in [-0.3, -0.25) is 9.88 Å². The number of benzene rings is 3. The zero-order valence-corrected chi connectivity index (χ0v) is 19.3. The van der Waals surface area contributed by atoms with Gasteiger partial charge in [0, 0.05) is 37.3 Å². The van der Waals surface area contributed by atoms with Crippen molar-refractivity contribution in [3.8, 4) is 11.5 Å². The molecule has 3 N–H and O–H groups in total. The van der Waals surface area contributed by atoms with E-state index in [-0.39, 0.29) is 6.17 Å². The van der Waals surface area contributed by atoms with Gasteiger partial charge in [0.15, 0.2) is 23.6 Å². The van der Waals surface area contributed by atoms with Crippen LogP contribution in [0.1, 0.15) is 29.3 Å². The minimum Gasteiger partial charge on any atom is -0.489 e. The molecule has 8 heteroatoms. The second-order valence-corrected chi connectivity index (χ2v) is 9.20.